The standard InChI is InChI=1S/C19H28N2O3/c1-13(2)11-17(23)21-18(14-7-4-3-5-8-14)19(24)20-12-15-9-6-10-16(15)22/h3-5,7-8,13,15-16,18,22H,6,9-12H2,1-2H3,(H,20,24)(H,21,23). The number of rotatable bonds is 7. The smallest absolute Gasteiger partial charge is 0.247 e. The summed E-state index contributed by atoms with van der Waals surface area (Å²) in [5.41, 5.74) is 0.763. The van der Waals surface area contributed by atoms with Gasteiger partial charge in [0.1, 0.15) is 6.04 Å². The maximum Gasteiger partial charge on any atom is 0.247 e. The summed E-state index contributed by atoms with van der Waals surface area (Å²) in [4.78, 5) is 24.7. The second-order valence-corrected chi connectivity index (χ2v) is 7.01. The molecule has 5 nitrogen and oxygen atoms in total. The minimum absolute atomic E-state index is 0.108. The third-order valence-corrected chi connectivity index (χ3v) is 4.45. The van der Waals surface area contributed by atoms with Crippen LogP contribution in [0.4, 0.5) is 0 Å². The molecule has 24 heavy (non-hydrogen) atoms. The fourth-order valence-electron chi connectivity index (χ4n) is 3.13. The first-order valence-electron chi connectivity index (χ1n) is 8.77. The lowest BCUT2D eigenvalue weighted by Gasteiger charge is -2.21. The molecule has 3 N–H and O–H groups in total. The first-order chi connectivity index (χ1) is 11.5. The summed E-state index contributed by atoms with van der Waals surface area (Å²) in [6.07, 6.45) is 2.77. The first-order valence-corrected chi connectivity index (χ1v) is 8.77. The molecule has 0 bridgehead atoms. The zero-order valence-corrected chi connectivity index (χ0v) is 14.5. The lowest BCUT2D eigenvalue weighted by Crippen LogP contribution is -2.42. The molecule has 1 aliphatic rings. The van der Waals surface area contributed by atoms with Gasteiger partial charge in [0.15, 0.2) is 0 Å². The van der Waals surface area contributed by atoms with E-state index in [4.69, 9.17) is 0 Å². The van der Waals surface area contributed by atoms with Gasteiger partial charge in [0, 0.05) is 18.9 Å². The van der Waals surface area contributed by atoms with Crippen LogP contribution >= 0.6 is 0 Å². The number of aliphatic hydroxyl groups excluding tert-OH is 1. The molecule has 5 heteroatoms. The van der Waals surface area contributed by atoms with E-state index < -0.39 is 6.04 Å². The molecular formula is C19H28N2O3. The Kier molecular flexibility index (Phi) is 6.79. The molecule has 0 aliphatic heterocycles. The van der Waals surface area contributed by atoms with Crippen molar-refractivity contribution in [3.05, 3.63) is 35.9 Å². The van der Waals surface area contributed by atoms with Gasteiger partial charge in [0.2, 0.25) is 11.8 Å². The largest absolute Gasteiger partial charge is 0.393 e. The van der Waals surface area contributed by atoms with Crippen molar-refractivity contribution in [1.82, 2.24) is 10.6 Å². The predicted octanol–water partition coefficient (Wildman–Crippen LogP) is 2.17. The van der Waals surface area contributed by atoms with E-state index in [1.807, 2.05) is 44.2 Å². The van der Waals surface area contributed by atoms with Crippen molar-refractivity contribution in [2.75, 3.05) is 6.54 Å². The summed E-state index contributed by atoms with van der Waals surface area (Å²) in [5, 5.41) is 15.6. The van der Waals surface area contributed by atoms with Crippen molar-refractivity contribution in [1.29, 1.82) is 0 Å². The van der Waals surface area contributed by atoms with Crippen molar-refractivity contribution in [2.45, 2.75) is 51.7 Å². The van der Waals surface area contributed by atoms with Gasteiger partial charge in [-0.2, -0.15) is 0 Å². The number of hydrogen-bond acceptors (Lipinski definition) is 3. The van der Waals surface area contributed by atoms with Gasteiger partial charge in [-0.15, -0.1) is 0 Å². The highest BCUT2D eigenvalue weighted by molar-refractivity contribution is 5.88. The Bertz CT molecular complexity index is 545. The number of carbonyl (C=O) groups excluding carboxylic acids is 2. The average Bonchev–Trinajstić information content (AvgIpc) is 2.95. The Labute approximate surface area is 143 Å². The number of nitrogens with one attached hydrogen (secondary N) is 2. The van der Waals surface area contributed by atoms with Crippen LogP contribution in [0, 0.1) is 11.8 Å². The van der Waals surface area contributed by atoms with Gasteiger partial charge in [-0.3, -0.25) is 9.59 Å². The highest BCUT2D eigenvalue weighted by atomic mass is 16.3. The topological polar surface area (TPSA) is 78.4 Å². The van der Waals surface area contributed by atoms with E-state index in [1.54, 1.807) is 0 Å². The lowest BCUT2D eigenvalue weighted by molar-refractivity contribution is -0.129. The van der Waals surface area contributed by atoms with E-state index in [2.05, 4.69) is 10.6 Å². The van der Waals surface area contributed by atoms with E-state index in [0.29, 0.717) is 13.0 Å². The quantitative estimate of drug-likeness (QED) is 0.716. The van der Waals surface area contributed by atoms with Crippen molar-refractivity contribution in [2.24, 2.45) is 11.8 Å². The average molecular weight is 332 g/mol. The van der Waals surface area contributed by atoms with Gasteiger partial charge in [-0.1, -0.05) is 50.6 Å². The summed E-state index contributed by atoms with van der Waals surface area (Å²) in [5.74, 6) is -0.0119. The summed E-state index contributed by atoms with van der Waals surface area (Å²) in [6.45, 7) is 4.39. The molecule has 3 unspecified atom stereocenters. The molecule has 1 aliphatic carbocycles. The number of aliphatic hydroxyl groups is 1. The molecule has 3 atom stereocenters. The third kappa shape index (κ3) is 5.34. The molecule has 2 rings (SSSR count). The Morgan fingerprint density at radius 2 is 1.92 bits per heavy atom. The Morgan fingerprint density at radius 3 is 2.50 bits per heavy atom. The molecule has 1 aromatic carbocycles. The predicted molar refractivity (Wildman–Crippen MR) is 93.1 cm³/mol. The molecule has 0 radical (unpaired) electrons. The molecule has 1 fully saturated rings. The molecule has 0 spiro atoms. The molecule has 2 amide bonds. The van der Waals surface area contributed by atoms with Crippen LogP contribution in [0.2, 0.25) is 0 Å². The van der Waals surface area contributed by atoms with Crippen LogP contribution in [-0.2, 0) is 9.59 Å². The van der Waals surface area contributed by atoms with E-state index in [0.717, 1.165) is 24.8 Å². The van der Waals surface area contributed by atoms with Gasteiger partial charge >= 0.3 is 0 Å². The summed E-state index contributed by atoms with van der Waals surface area (Å²) in [7, 11) is 0. The minimum Gasteiger partial charge on any atom is -0.393 e. The normalized spacial score (nSPS) is 21.5. The number of carbonyl (C=O) groups is 2. The van der Waals surface area contributed by atoms with Crippen molar-refractivity contribution in [3.63, 3.8) is 0 Å². The van der Waals surface area contributed by atoms with Crippen LogP contribution in [0.1, 0.15) is 51.1 Å². The van der Waals surface area contributed by atoms with Crippen LogP contribution < -0.4 is 10.6 Å². The fourth-order valence-corrected chi connectivity index (χ4v) is 3.13. The molecular weight excluding hydrogens is 304 g/mol. The van der Waals surface area contributed by atoms with Crippen LogP contribution in [0.5, 0.6) is 0 Å². The minimum atomic E-state index is -0.698. The summed E-state index contributed by atoms with van der Waals surface area (Å²) >= 11 is 0. The molecule has 1 saturated carbocycles. The zero-order chi connectivity index (χ0) is 17.5. The van der Waals surface area contributed by atoms with Gasteiger partial charge in [-0.05, 0) is 24.3 Å². The Hall–Kier alpha value is -1.88. The van der Waals surface area contributed by atoms with Crippen LogP contribution in [0.25, 0.3) is 0 Å². The molecule has 1 aromatic rings. The van der Waals surface area contributed by atoms with E-state index in [1.165, 1.54) is 0 Å². The Morgan fingerprint density at radius 1 is 1.21 bits per heavy atom. The second kappa shape index (κ2) is 8.83. The molecule has 132 valence electrons. The van der Waals surface area contributed by atoms with Crippen molar-refractivity contribution in [3.8, 4) is 0 Å². The van der Waals surface area contributed by atoms with E-state index in [9.17, 15) is 14.7 Å². The highest BCUT2D eigenvalue weighted by Crippen LogP contribution is 2.25. The maximum atomic E-state index is 12.6. The second-order valence-electron chi connectivity index (χ2n) is 7.01. The summed E-state index contributed by atoms with van der Waals surface area (Å²) in [6, 6.07) is 8.56. The highest BCUT2D eigenvalue weighted by Gasteiger charge is 2.28. The zero-order valence-electron chi connectivity index (χ0n) is 14.5. The maximum absolute atomic E-state index is 12.6. The van der Waals surface area contributed by atoms with Gasteiger partial charge < -0.3 is 15.7 Å². The Balaban J connectivity index is 2.01. The lowest BCUT2D eigenvalue weighted by atomic mass is 10.0. The molecule has 0 saturated heterocycles. The number of amides is 2. The number of benzene rings is 1. The van der Waals surface area contributed by atoms with Gasteiger partial charge in [0.25, 0.3) is 0 Å². The molecule has 0 aromatic heterocycles. The van der Waals surface area contributed by atoms with Gasteiger partial charge in [0.05, 0.1) is 6.10 Å². The van der Waals surface area contributed by atoms with Crippen LogP contribution in [0.3, 0.4) is 0 Å². The van der Waals surface area contributed by atoms with E-state index >= 15 is 0 Å². The monoisotopic (exact) mass is 332 g/mol. The SMILES string of the molecule is CC(C)CC(=O)NC(C(=O)NCC1CCCC1O)c1ccccc1. The van der Waals surface area contributed by atoms with Crippen molar-refractivity contribution >= 4 is 11.8 Å². The van der Waals surface area contributed by atoms with E-state index in [-0.39, 0.29) is 29.8 Å². The first kappa shape index (κ1) is 18.5. The van der Waals surface area contributed by atoms with Gasteiger partial charge in [-0.25, -0.2) is 0 Å². The fraction of sp³-hybridized carbons (Fsp3) is 0.579. The molecule has 0 heterocycles. The third-order valence-electron chi connectivity index (χ3n) is 4.45. The van der Waals surface area contributed by atoms with Crippen molar-refractivity contribution < 1.29 is 14.7 Å². The van der Waals surface area contributed by atoms with Crippen LogP contribution in [-0.4, -0.2) is 29.6 Å². The summed E-state index contributed by atoms with van der Waals surface area (Å²) < 4.78 is 0. The number of hydrogen-bond donors (Lipinski definition) is 3. The van der Waals surface area contributed by atoms with Crippen LogP contribution in [0.15, 0.2) is 30.3 Å².